The molecule has 3 aromatic heterocycles. The first-order valence-electron chi connectivity index (χ1n) is 9.37. The number of nitrogens with zero attached hydrogens (tertiary/aromatic N) is 4. The number of amides is 1. The minimum Gasteiger partial charge on any atom is -0.359 e. The summed E-state index contributed by atoms with van der Waals surface area (Å²) in [6.07, 6.45) is 11.0. The Hall–Kier alpha value is -2.96. The average Bonchev–Trinajstić information content (AvgIpc) is 3.38. The van der Waals surface area contributed by atoms with Crippen molar-refractivity contribution in [3.63, 3.8) is 0 Å². The van der Waals surface area contributed by atoms with Gasteiger partial charge in [0.05, 0.1) is 24.0 Å². The van der Waals surface area contributed by atoms with Gasteiger partial charge in [0.1, 0.15) is 5.69 Å². The third-order valence-electron chi connectivity index (χ3n) is 5.17. The van der Waals surface area contributed by atoms with Crippen molar-refractivity contribution in [3.05, 3.63) is 53.8 Å². The van der Waals surface area contributed by atoms with Gasteiger partial charge in [0.15, 0.2) is 5.76 Å². The summed E-state index contributed by atoms with van der Waals surface area (Å²) in [5, 5.41) is 11.3. The SMILES string of the molecule is CN(Cc1cc(-c2cccnc2)no1)C(=O)c1cn[nH]c1C1CCCCC1. The topological polar surface area (TPSA) is 87.9 Å². The molecule has 0 aromatic carbocycles. The smallest absolute Gasteiger partial charge is 0.257 e. The lowest BCUT2D eigenvalue weighted by molar-refractivity contribution is 0.0770. The summed E-state index contributed by atoms with van der Waals surface area (Å²) in [4.78, 5) is 18.7. The number of hydrogen-bond acceptors (Lipinski definition) is 5. The molecule has 0 radical (unpaired) electrons. The summed E-state index contributed by atoms with van der Waals surface area (Å²) in [7, 11) is 1.77. The van der Waals surface area contributed by atoms with E-state index in [0.29, 0.717) is 29.5 Å². The molecule has 0 atom stereocenters. The Kier molecular flexibility index (Phi) is 5.00. The number of aromatic nitrogens is 4. The van der Waals surface area contributed by atoms with E-state index in [2.05, 4.69) is 20.3 Å². The molecule has 1 aliphatic rings. The summed E-state index contributed by atoms with van der Waals surface area (Å²) in [5.74, 6) is 0.979. The molecule has 4 rings (SSSR count). The molecular formula is C20H23N5O2. The molecule has 3 heterocycles. The van der Waals surface area contributed by atoms with Crippen molar-refractivity contribution in [2.24, 2.45) is 0 Å². The average molecular weight is 365 g/mol. The van der Waals surface area contributed by atoms with E-state index in [9.17, 15) is 4.79 Å². The third-order valence-corrected chi connectivity index (χ3v) is 5.17. The van der Waals surface area contributed by atoms with Gasteiger partial charge in [-0.25, -0.2) is 0 Å². The Bertz CT molecular complexity index is 896. The lowest BCUT2D eigenvalue weighted by Gasteiger charge is -2.22. The van der Waals surface area contributed by atoms with Crippen LogP contribution in [0.2, 0.25) is 0 Å². The van der Waals surface area contributed by atoms with Gasteiger partial charge in [-0.05, 0) is 25.0 Å². The van der Waals surface area contributed by atoms with Gasteiger partial charge in [-0.2, -0.15) is 5.10 Å². The molecular weight excluding hydrogens is 342 g/mol. The van der Waals surface area contributed by atoms with Crippen LogP contribution >= 0.6 is 0 Å². The molecule has 0 aliphatic heterocycles. The van der Waals surface area contributed by atoms with Crippen molar-refractivity contribution in [1.29, 1.82) is 0 Å². The standard InChI is InChI=1S/C20H23N5O2/c1-25(13-16-10-18(24-27-16)15-8-5-9-21-11-15)20(26)17-12-22-23-19(17)14-6-3-2-4-7-14/h5,8-12,14H,2-4,6-7,13H2,1H3,(H,22,23). The van der Waals surface area contributed by atoms with Gasteiger partial charge in [-0.3, -0.25) is 14.9 Å². The normalized spacial score (nSPS) is 15.0. The van der Waals surface area contributed by atoms with Crippen molar-refractivity contribution in [1.82, 2.24) is 25.2 Å². The van der Waals surface area contributed by atoms with Crippen molar-refractivity contribution >= 4 is 5.91 Å². The lowest BCUT2D eigenvalue weighted by atomic mass is 9.85. The second kappa shape index (κ2) is 7.73. The summed E-state index contributed by atoms with van der Waals surface area (Å²) in [6, 6.07) is 5.62. The number of nitrogens with one attached hydrogen (secondary N) is 1. The van der Waals surface area contributed by atoms with Gasteiger partial charge in [0.25, 0.3) is 5.91 Å². The number of H-pyrrole nitrogens is 1. The van der Waals surface area contributed by atoms with Crippen molar-refractivity contribution in [2.45, 2.75) is 44.6 Å². The molecule has 1 aliphatic carbocycles. The Labute approximate surface area is 157 Å². The number of carbonyl (C=O) groups excluding carboxylic acids is 1. The number of rotatable bonds is 5. The van der Waals surface area contributed by atoms with Crippen LogP contribution in [0.1, 0.15) is 59.8 Å². The van der Waals surface area contributed by atoms with E-state index in [1.54, 1.807) is 30.5 Å². The highest BCUT2D eigenvalue weighted by Gasteiger charge is 2.25. The fraction of sp³-hybridized carbons (Fsp3) is 0.400. The minimum absolute atomic E-state index is 0.0522. The van der Waals surface area contributed by atoms with E-state index in [1.165, 1.54) is 19.3 Å². The molecule has 1 fully saturated rings. The Morgan fingerprint density at radius 1 is 1.30 bits per heavy atom. The third kappa shape index (κ3) is 3.77. The molecule has 140 valence electrons. The van der Waals surface area contributed by atoms with Crippen molar-refractivity contribution in [3.8, 4) is 11.3 Å². The van der Waals surface area contributed by atoms with Crippen LogP contribution in [0.4, 0.5) is 0 Å². The second-order valence-corrected chi connectivity index (χ2v) is 7.11. The molecule has 0 spiro atoms. The Morgan fingerprint density at radius 3 is 2.93 bits per heavy atom. The molecule has 1 amide bonds. The lowest BCUT2D eigenvalue weighted by Crippen LogP contribution is -2.27. The largest absolute Gasteiger partial charge is 0.359 e. The van der Waals surface area contributed by atoms with E-state index in [1.807, 2.05) is 18.2 Å². The molecule has 1 N–H and O–H groups in total. The van der Waals surface area contributed by atoms with E-state index in [0.717, 1.165) is 24.1 Å². The van der Waals surface area contributed by atoms with Crippen LogP contribution in [0.5, 0.6) is 0 Å². The maximum Gasteiger partial charge on any atom is 0.257 e. The number of pyridine rings is 1. The zero-order valence-electron chi connectivity index (χ0n) is 15.4. The monoisotopic (exact) mass is 365 g/mol. The van der Waals surface area contributed by atoms with Crippen molar-refractivity contribution < 1.29 is 9.32 Å². The maximum absolute atomic E-state index is 12.9. The predicted molar refractivity (Wildman–Crippen MR) is 99.9 cm³/mol. The van der Waals surface area contributed by atoms with Crippen LogP contribution in [0.25, 0.3) is 11.3 Å². The zero-order valence-corrected chi connectivity index (χ0v) is 15.4. The van der Waals surface area contributed by atoms with E-state index in [4.69, 9.17) is 4.52 Å². The van der Waals surface area contributed by atoms with Crippen LogP contribution < -0.4 is 0 Å². The number of hydrogen-bond donors (Lipinski definition) is 1. The highest BCUT2D eigenvalue weighted by molar-refractivity contribution is 5.95. The minimum atomic E-state index is -0.0522. The molecule has 1 saturated carbocycles. The van der Waals surface area contributed by atoms with Gasteiger partial charge in [-0.1, -0.05) is 24.4 Å². The molecule has 27 heavy (non-hydrogen) atoms. The summed E-state index contributed by atoms with van der Waals surface area (Å²) in [5.41, 5.74) is 3.23. The van der Waals surface area contributed by atoms with Crippen LogP contribution in [0, 0.1) is 0 Å². The van der Waals surface area contributed by atoms with Crippen LogP contribution in [-0.4, -0.2) is 38.2 Å². The van der Waals surface area contributed by atoms with Gasteiger partial charge >= 0.3 is 0 Å². The highest BCUT2D eigenvalue weighted by Crippen LogP contribution is 2.33. The Morgan fingerprint density at radius 2 is 2.15 bits per heavy atom. The first-order valence-corrected chi connectivity index (χ1v) is 9.37. The van der Waals surface area contributed by atoms with Gasteiger partial charge < -0.3 is 9.42 Å². The molecule has 0 saturated heterocycles. The van der Waals surface area contributed by atoms with Gasteiger partial charge in [0, 0.05) is 37.0 Å². The summed E-state index contributed by atoms with van der Waals surface area (Å²) < 4.78 is 5.41. The van der Waals surface area contributed by atoms with E-state index >= 15 is 0 Å². The van der Waals surface area contributed by atoms with Crippen LogP contribution in [0.15, 0.2) is 41.3 Å². The fourth-order valence-electron chi connectivity index (χ4n) is 3.72. The van der Waals surface area contributed by atoms with Crippen LogP contribution in [-0.2, 0) is 6.54 Å². The summed E-state index contributed by atoms with van der Waals surface area (Å²) >= 11 is 0. The summed E-state index contributed by atoms with van der Waals surface area (Å²) in [6.45, 7) is 0.349. The quantitative estimate of drug-likeness (QED) is 0.743. The fourth-order valence-corrected chi connectivity index (χ4v) is 3.72. The van der Waals surface area contributed by atoms with E-state index < -0.39 is 0 Å². The van der Waals surface area contributed by atoms with Gasteiger partial charge in [-0.15, -0.1) is 0 Å². The predicted octanol–water partition coefficient (Wildman–Crippen LogP) is 3.78. The Balaban J connectivity index is 1.46. The number of aromatic amines is 1. The van der Waals surface area contributed by atoms with Gasteiger partial charge in [0.2, 0.25) is 0 Å². The first-order chi connectivity index (χ1) is 13.2. The highest BCUT2D eigenvalue weighted by atomic mass is 16.5. The van der Waals surface area contributed by atoms with Crippen molar-refractivity contribution in [2.75, 3.05) is 7.05 Å². The molecule has 3 aromatic rings. The first kappa shape index (κ1) is 17.5. The maximum atomic E-state index is 12.9. The molecule has 0 bridgehead atoms. The van der Waals surface area contributed by atoms with Crippen LogP contribution in [0.3, 0.4) is 0 Å². The molecule has 7 heteroatoms. The second-order valence-electron chi connectivity index (χ2n) is 7.11. The number of carbonyl (C=O) groups is 1. The molecule has 7 nitrogen and oxygen atoms in total. The molecule has 0 unspecified atom stereocenters. The van der Waals surface area contributed by atoms with E-state index in [-0.39, 0.29) is 5.91 Å². The zero-order chi connectivity index (χ0) is 18.6.